The molecule has 1 aromatic heterocycles. The van der Waals surface area contributed by atoms with Crippen LogP contribution < -0.4 is 0 Å². The van der Waals surface area contributed by atoms with Gasteiger partial charge in [0.2, 0.25) is 5.91 Å². The molecule has 0 bridgehead atoms. The van der Waals surface area contributed by atoms with Gasteiger partial charge in [0.15, 0.2) is 0 Å². The van der Waals surface area contributed by atoms with Crippen LogP contribution in [0, 0.1) is 5.82 Å². The molecule has 0 unspecified atom stereocenters. The normalized spacial score (nSPS) is 16.7. The van der Waals surface area contributed by atoms with Gasteiger partial charge >= 0.3 is 0 Å². The van der Waals surface area contributed by atoms with Gasteiger partial charge in [0.05, 0.1) is 5.41 Å². The van der Waals surface area contributed by atoms with Crippen molar-refractivity contribution in [3.8, 4) is 0 Å². The number of carbonyl (C=O) groups excluding carboxylic acids is 1. The van der Waals surface area contributed by atoms with Gasteiger partial charge in [-0.25, -0.2) is 9.37 Å². The van der Waals surface area contributed by atoms with E-state index in [0.717, 1.165) is 12.2 Å². The lowest BCUT2D eigenvalue weighted by Gasteiger charge is -2.41. The van der Waals surface area contributed by atoms with Gasteiger partial charge in [-0.15, -0.1) is 0 Å². The lowest BCUT2D eigenvalue weighted by molar-refractivity contribution is 0.0684. The van der Waals surface area contributed by atoms with Crippen molar-refractivity contribution in [2.45, 2.75) is 38.0 Å². The number of nitrogens with zero attached hydrogens (tertiary/aromatic N) is 2. The van der Waals surface area contributed by atoms with E-state index < -0.39 is 5.41 Å². The average Bonchev–Trinajstić information content (AvgIpc) is 2.87. The van der Waals surface area contributed by atoms with Gasteiger partial charge in [0, 0.05) is 24.4 Å². The first-order valence-electron chi connectivity index (χ1n) is 7.01. The van der Waals surface area contributed by atoms with E-state index in [1.54, 1.807) is 35.2 Å². The summed E-state index contributed by atoms with van der Waals surface area (Å²) >= 11 is 0. The summed E-state index contributed by atoms with van der Waals surface area (Å²) < 4.78 is 15.7. The fourth-order valence-electron chi connectivity index (χ4n) is 2.99. The fraction of sp³-hybridized carbons (Fsp3) is 0.375. The first-order chi connectivity index (χ1) is 9.69. The van der Waals surface area contributed by atoms with Gasteiger partial charge in [0.1, 0.15) is 11.6 Å². The van der Waals surface area contributed by atoms with Crippen LogP contribution in [0.4, 0.5) is 4.39 Å². The van der Waals surface area contributed by atoms with Crippen molar-refractivity contribution in [1.82, 2.24) is 9.55 Å². The maximum atomic E-state index is 14.1. The predicted octanol–water partition coefficient (Wildman–Crippen LogP) is 3.35. The Labute approximate surface area is 117 Å². The maximum absolute atomic E-state index is 14.1. The third-order valence-electron chi connectivity index (χ3n) is 4.26. The minimum Gasteiger partial charge on any atom is -0.273 e. The number of aromatic nitrogens is 2. The van der Waals surface area contributed by atoms with Gasteiger partial charge in [-0.2, -0.15) is 0 Å². The van der Waals surface area contributed by atoms with Crippen LogP contribution in [0.15, 0.2) is 36.7 Å². The van der Waals surface area contributed by atoms with Gasteiger partial charge < -0.3 is 0 Å². The van der Waals surface area contributed by atoms with Gasteiger partial charge in [-0.3, -0.25) is 9.36 Å². The topological polar surface area (TPSA) is 34.9 Å². The molecule has 1 heterocycles. The van der Waals surface area contributed by atoms with Crippen molar-refractivity contribution in [2.75, 3.05) is 0 Å². The third kappa shape index (κ3) is 1.79. The van der Waals surface area contributed by atoms with Crippen molar-refractivity contribution >= 4 is 5.91 Å². The predicted molar refractivity (Wildman–Crippen MR) is 74.2 cm³/mol. The second-order valence-electron chi connectivity index (χ2n) is 5.29. The van der Waals surface area contributed by atoms with Crippen LogP contribution in [-0.4, -0.2) is 15.5 Å². The summed E-state index contributed by atoms with van der Waals surface area (Å²) in [5.74, 6) is 0.388. The highest BCUT2D eigenvalue weighted by Crippen LogP contribution is 2.46. The maximum Gasteiger partial charge on any atom is 0.242 e. The minimum absolute atomic E-state index is 0.0526. The van der Waals surface area contributed by atoms with E-state index in [1.165, 1.54) is 6.07 Å². The highest BCUT2D eigenvalue weighted by molar-refractivity contribution is 5.91. The Morgan fingerprint density at radius 2 is 2.15 bits per heavy atom. The van der Waals surface area contributed by atoms with E-state index in [0.29, 0.717) is 24.8 Å². The van der Waals surface area contributed by atoms with Crippen LogP contribution in [0.3, 0.4) is 0 Å². The summed E-state index contributed by atoms with van der Waals surface area (Å²) in [6, 6.07) is 6.61. The van der Waals surface area contributed by atoms with E-state index in [4.69, 9.17) is 0 Å². The summed E-state index contributed by atoms with van der Waals surface area (Å²) in [6.07, 6.45) is 6.36. The minimum atomic E-state index is -0.712. The molecule has 0 spiro atoms. The molecule has 1 saturated carbocycles. The molecule has 0 saturated heterocycles. The molecule has 4 heteroatoms. The first-order valence-corrected chi connectivity index (χ1v) is 7.01. The number of benzene rings is 1. The fourth-order valence-corrected chi connectivity index (χ4v) is 2.99. The lowest BCUT2D eigenvalue weighted by Crippen LogP contribution is -2.46. The SMILES string of the molecule is CCc1nccn1C(=O)C1(c2ccccc2F)CCC1. The zero-order valence-corrected chi connectivity index (χ0v) is 11.5. The number of imidazole rings is 1. The van der Waals surface area contributed by atoms with Crippen molar-refractivity contribution in [2.24, 2.45) is 0 Å². The van der Waals surface area contributed by atoms with Crippen molar-refractivity contribution < 1.29 is 9.18 Å². The van der Waals surface area contributed by atoms with Gasteiger partial charge in [0.25, 0.3) is 0 Å². The third-order valence-corrected chi connectivity index (χ3v) is 4.26. The van der Waals surface area contributed by atoms with Gasteiger partial charge in [-0.1, -0.05) is 31.5 Å². The standard InChI is InChI=1S/C16H17FN2O/c1-2-14-18-10-11-19(14)15(20)16(8-5-9-16)12-6-3-4-7-13(12)17/h3-4,6-7,10-11H,2,5,8-9H2,1H3. The van der Waals surface area contributed by atoms with Crippen LogP contribution in [0.2, 0.25) is 0 Å². The smallest absolute Gasteiger partial charge is 0.242 e. The molecule has 0 atom stereocenters. The van der Waals surface area contributed by atoms with E-state index in [9.17, 15) is 9.18 Å². The molecule has 3 rings (SSSR count). The molecule has 1 aromatic carbocycles. The highest BCUT2D eigenvalue weighted by Gasteiger charge is 2.48. The number of aryl methyl sites for hydroxylation is 1. The van der Waals surface area contributed by atoms with Gasteiger partial charge in [-0.05, 0) is 18.9 Å². The second-order valence-corrected chi connectivity index (χ2v) is 5.29. The van der Waals surface area contributed by atoms with Crippen molar-refractivity contribution in [3.63, 3.8) is 0 Å². The summed E-state index contributed by atoms with van der Waals surface area (Å²) in [4.78, 5) is 17.1. The van der Waals surface area contributed by atoms with Crippen LogP contribution in [0.25, 0.3) is 0 Å². The number of halogens is 1. The molecule has 0 amide bonds. The Hall–Kier alpha value is -1.97. The molecule has 0 aliphatic heterocycles. The number of carbonyl (C=O) groups is 1. The molecule has 0 N–H and O–H groups in total. The number of hydrogen-bond acceptors (Lipinski definition) is 2. The van der Waals surface area contributed by atoms with Crippen LogP contribution in [0.1, 0.15) is 42.4 Å². The average molecular weight is 272 g/mol. The molecule has 0 radical (unpaired) electrons. The molecule has 3 nitrogen and oxygen atoms in total. The summed E-state index contributed by atoms with van der Waals surface area (Å²) in [5.41, 5.74) is -0.192. The highest BCUT2D eigenvalue weighted by atomic mass is 19.1. The lowest BCUT2D eigenvalue weighted by atomic mass is 9.63. The second kappa shape index (κ2) is 4.85. The molecule has 1 aliphatic rings. The zero-order valence-electron chi connectivity index (χ0n) is 11.5. The summed E-state index contributed by atoms with van der Waals surface area (Å²) in [7, 11) is 0. The molecular weight excluding hydrogens is 255 g/mol. The van der Waals surface area contributed by atoms with E-state index in [-0.39, 0.29) is 11.7 Å². The van der Waals surface area contributed by atoms with Crippen LogP contribution >= 0.6 is 0 Å². The van der Waals surface area contributed by atoms with E-state index in [2.05, 4.69) is 4.98 Å². The van der Waals surface area contributed by atoms with Crippen molar-refractivity contribution in [3.05, 3.63) is 53.9 Å². The summed E-state index contributed by atoms with van der Waals surface area (Å²) in [5, 5.41) is 0. The number of rotatable bonds is 3. The Balaban J connectivity index is 2.06. The van der Waals surface area contributed by atoms with E-state index in [1.807, 2.05) is 6.92 Å². The molecule has 1 fully saturated rings. The molecular formula is C16H17FN2O. The quantitative estimate of drug-likeness (QED) is 0.859. The summed E-state index contributed by atoms with van der Waals surface area (Å²) in [6.45, 7) is 1.96. The molecule has 20 heavy (non-hydrogen) atoms. The Kier molecular flexibility index (Phi) is 3.16. The van der Waals surface area contributed by atoms with Crippen LogP contribution in [0.5, 0.6) is 0 Å². The number of hydrogen-bond donors (Lipinski definition) is 0. The Morgan fingerprint density at radius 3 is 2.75 bits per heavy atom. The Morgan fingerprint density at radius 1 is 1.40 bits per heavy atom. The zero-order chi connectivity index (χ0) is 14.2. The Bertz CT molecular complexity index is 643. The van der Waals surface area contributed by atoms with Crippen LogP contribution in [-0.2, 0) is 11.8 Å². The monoisotopic (exact) mass is 272 g/mol. The molecule has 1 aliphatic carbocycles. The largest absolute Gasteiger partial charge is 0.273 e. The van der Waals surface area contributed by atoms with Crippen molar-refractivity contribution in [1.29, 1.82) is 0 Å². The van der Waals surface area contributed by atoms with E-state index >= 15 is 0 Å². The molecule has 2 aromatic rings. The first kappa shape index (κ1) is 13.0. The molecule has 104 valence electrons.